The standard InChI is InChI=1S/C27H30BrClN2O3/c1-3-33-26-14-21(23(28)16-27(26)34-18-20-6-4-5-19(2)13-20)17-30-22-7-8-25(24(29)15-22)31-9-11-32-12-10-31/h4-8,13-16,30H,3,9-12,17-18H2,1-2H3. The van der Waals surface area contributed by atoms with Crippen LogP contribution in [0.2, 0.25) is 5.02 Å². The molecule has 0 atom stereocenters. The fraction of sp³-hybridized carbons (Fsp3) is 0.333. The Morgan fingerprint density at radius 1 is 1.03 bits per heavy atom. The molecule has 4 rings (SSSR count). The quantitative estimate of drug-likeness (QED) is 0.319. The number of halogens is 2. The zero-order valence-corrected chi connectivity index (χ0v) is 21.9. The Morgan fingerprint density at radius 2 is 1.82 bits per heavy atom. The van der Waals surface area contributed by atoms with Crippen molar-refractivity contribution in [2.75, 3.05) is 43.1 Å². The van der Waals surface area contributed by atoms with Crippen molar-refractivity contribution in [3.05, 3.63) is 80.8 Å². The molecule has 1 saturated heterocycles. The molecule has 1 aliphatic rings. The van der Waals surface area contributed by atoms with Crippen molar-refractivity contribution in [1.82, 2.24) is 0 Å². The molecular formula is C27H30BrClN2O3. The molecule has 1 aliphatic heterocycles. The number of hydrogen-bond donors (Lipinski definition) is 1. The highest BCUT2D eigenvalue weighted by Crippen LogP contribution is 2.35. The molecule has 180 valence electrons. The van der Waals surface area contributed by atoms with Gasteiger partial charge in [-0.3, -0.25) is 0 Å². The van der Waals surface area contributed by atoms with Crippen LogP contribution in [0.4, 0.5) is 11.4 Å². The van der Waals surface area contributed by atoms with Gasteiger partial charge in [0.05, 0.1) is 30.5 Å². The van der Waals surface area contributed by atoms with E-state index in [4.69, 9.17) is 25.8 Å². The number of benzene rings is 3. The van der Waals surface area contributed by atoms with Crippen molar-refractivity contribution in [1.29, 1.82) is 0 Å². The Balaban J connectivity index is 1.44. The normalized spacial score (nSPS) is 13.6. The summed E-state index contributed by atoms with van der Waals surface area (Å²) in [5, 5.41) is 4.21. The number of nitrogens with one attached hydrogen (secondary N) is 1. The fourth-order valence-electron chi connectivity index (χ4n) is 3.93. The van der Waals surface area contributed by atoms with Gasteiger partial charge in [-0.2, -0.15) is 0 Å². The first kappa shape index (κ1) is 24.7. The Bertz CT molecular complexity index is 1120. The van der Waals surface area contributed by atoms with E-state index in [9.17, 15) is 0 Å². The first-order valence-electron chi connectivity index (χ1n) is 11.5. The van der Waals surface area contributed by atoms with Gasteiger partial charge in [-0.05, 0) is 55.3 Å². The number of rotatable bonds is 9. The first-order chi connectivity index (χ1) is 16.5. The Hall–Kier alpha value is -2.41. The number of anilines is 2. The number of morpholine rings is 1. The third-order valence-corrected chi connectivity index (χ3v) is 6.71. The maximum Gasteiger partial charge on any atom is 0.162 e. The van der Waals surface area contributed by atoms with Gasteiger partial charge in [0, 0.05) is 29.8 Å². The fourth-order valence-corrected chi connectivity index (χ4v) is 4.69. The van der Waals surface area contributed by atoms with Crippen LogP contribution in [0.15, 0.2) is 59.1 Å². The van der Waals surface area contributed by atoms with Gasteiger partial charge < -0.3 is 24.4 Å². The minimum Gasteiger partial charge on any atom is -0.490 e. The van der Waals surface area contributed by atoms with Gasteiger partial charge in [-0.25, -0.2) is 0 Å². The molecule has 0 saturated carbocycles. The van der Waals surface area contributed by atoms with Gasteiger partial charge in [0.25, 0.3) is 0 Å². The minimum absolute atomic E-state index is 0.486. The lowest BCUT2D eigenvalue weighted by molar-refractivity contribution is 0.122. The maximum absolute atomic E-state index is 6.59. The summed E-state index contributed by atoms with van der Waals surface area (Å²) in [4.78, 5) is 2.26. The summed E-state index contributed by atoms with van der Waals surface area (Å²) in [6.45, 7) is 8.91. The number of nitrogens with zero attached hydrogens (tertiary/aromatic N) is 1. The molecule has 0 unspecified atom stereocenters. The van der Waals surface area contributed by atoms with Gasteiger partial charge in [0.2, 0.25) is 0 Å². The zero-order valence-electron chi connectivity index (χ0n) is 19.6. The van der Waals surface area contributed by atoms with Gasteiger partial charge >= 0.3 is 0 Å². The van der Waals surface area contributed by atoms with E-state index in [0.29, 0.717) is 19.8 Å². The van der Waals surface area contributed by atoms with Crippen LogP contribution in [0.5, 0.6) is 11.5 Å². The number of hydrogen-bond acceptors (Lipinski definition) is 5. The average Bonchev–Trinajstić information content (AvgIpc) is 2.84. The van der Waals surface area contributed by atoms with E-state index in [1.165, 1.54) is 5.56 Å². The molecule has 0 aliphatic carbocycles. The zero-order chi connectivity index (χ0) is 23.9. The van der Waals surface area contributed by atoms with E-state index in [-0.39, 0.29) is 0 Å². The van der Waals surface area contributed by atoms with Crippen LogP contribution in [0, 0.1) is 6.92 Å². The molecule has 34 heavy (non-hydrogen) atoms. The predicted octanol–water partition coefficient (Wildman–Crippen LogP) is 6.84. The SMILES string of the molecule is CCOc1cc(CNc2ccc(N3CCOCC3)c(Cl)c2)c(Br)cc1OCc1cccc(C)c1. The minimum atomic E-state index is 0.486. The topological polar surface area (TPSA) is 43.0 Å². The molecule has 0 aromatic heterocycles. The van der Waals surface area contributed by atoms with Crippen LogP contribution >= 0.6 is 27.5 Å². The maximum atomic E-state index is 6.59. The van der Waals surface area contributed by atoms with E-state index in [1.807, 2.05) is 31.2 Å². The van der Waals surface area contributed by atoms with Crippen molar-refractivity contribution >= 4 is 38.9 Å². The van der Waals surface area contributed by atoms with E-state index >= 15 is 0 Å². The second-order valence-electron chi connectivity index (χ2n) is 8.22. The molecule has 3 aromatic rings. The average molecular weight is 546 g/mol. The third kappa shape index (κ3) is 6.38. The van der Waals surface area contributed by atoms with Gasteiger partial charge in [0.15, 0.2) is 11.5 Å². The molecule has 0 bridgehead atoms. The molecule has 7 heteroatoms. The molecular weight excluding hydrogens is 516 g/mol. The second-order valence-corrected chi connectivity index (χ2v) is 9.48. The van der Waals surface area contributed by atoms with Crippen LogP contribution < -0.4 is 19.7 Å². The van der Waals surface area contributed by atoms with Crippen molar-refractivity contribution in [3.8, 4) is 11.5 Å². The molecule has 5 nitrogen and oxygen atoms in total. The Labute approximate surface area is 215 Å². The van der Waals surface area contributed by atoms with E-state index in [2.05, 4.69) is 63.4 Å². The highest BCUT2D eigenvalue weighted by Gasteiger charge is 2.15. The van der Waals surface area contributed by atoms with Crippen LogP contribution in [-0.4, -0.2) is 32.9 Å². The second kappa shape index (κ2) is 11.8. The highest BCUT2D eigenvalue weighted by atomic mass is 79.9. The third-order valence-electron chi connectivity index (χ3n) is 5.67. The Morgan fingerprint density at radius 3 is 2.56 bits per heavy atom. The molecule has 0 radical (unpaired) electrons. The Kier molecular flexibility index (Phi) is 8.59. The van der Waals surface area contributed by atoms with Gasteiger partial charge in [-0.1, -0.05) is 57.4 Å². The monoisotopic (exact) mass is 544 g/mol. The van der Waals surface area contributed by atoms with Crippen molar-refractivity contribution in [2.24, 2.45) is 0 Å². The summed E-state index contributed by atoms with van der Waals surface area (Å²) in [7, 11) is 0. The summed E-state index contributed by atoms with van der Waals surface area (Å²) in [5.41, 5.74) is 5.42. The smallest absolute Gasteiger partial charge is 0.162 e. The molecule has 0 amide bonds. The summed E-state index contributed by atoms with van der Waals surface area (Å²) in [6, 6.07) is 18.4. The number of ether oxygens (including phenoxy) is 3. The van der Waals surface area contributed by atoms with Crippen molar-refractivity contribution in [3.63, 3.8) is 0 Å². The van der Waals surface area contributed by atoms with Crippen LogP contribution in [-0.2, 0) is 17.9 Å². The summed E-state index contributed by atoms with van der Waals surface area (Å²) >= 11 is 10.3. The lowest BCUT2D eigenvalue weighted by Crippen LogP contribution is -2.36. The van der Waals surface area contributed by atoms with Crippen molar-refractivity contribution < 1.29 is 14.2 Å². The lowest BCUT2D eigenvalue weighted by Gasteiger charge is -2.29. The van der Waals surface area contributed by atoms with Crippen LogP contribution in [0.1, 0.15) is 23.6 Å². The van der Waals surface area contributed by atoms with E-state index in [1.54, 1.807) is 0 Å². The molecule has 1 heterocycles. The van der Waals surface area contributed by atoms with Gasteiger partial charge in [0.1, 0.15) is 6.61 Å². The number of aryl methyl sites for hydroxylation is 1. The summed E-state index contributed by atoms with van der Waals surface area (Å²) in [6.07, 6.45) is 0. The predicted molar refractivity (Wildman–Crippen MR) is 143 cm³/mol. The van der Waals surface area contributed by atoms with Crippen LogP contribution in [0.25, 0.3) is 0 Å². The van der Waals surface area contributed by atoms with E-state index in [0.717, 1.165) is 69.8 Å². The first-order valence-corrected chi connectivity index (χ1v) is 12.7. The molecule has 1 N–H and O–H groups in total. The molecule has 1 fully saturated rings. The molecule has 0 spiro atoms. The van der Waals surface area contributed by atoms with Gasteiger partial charge in [-0.15, -0.1) is 0 Å². The van der Waals surface area contributed by atoms with E-state index < -0.39 is 0 Å². The lowest BCUT2D eigenvalue weighted by atomic mass is 10.1. The largest absolute Gasteiger partial charge is 0.490 e. The molecule has 3 aromatic carbocycles. The van der Waals surface area contributed by atoms with Crippen LogP contribution in [0.3, 0.4) is 0 Å². The highest BCUT2D eigenvalue weighted by molar-refractivity contribution is 9.10. The van der Waals surface area contributed by atoms with Crippen molar-refractivity contribution in [2.45, 2.75) is 27.0 Å². The summed E-state index contributed by atoms with van der Waals surface area (Å²) < 4.78 is 18.4. The summed E-state index contributed by atoms with van der Waals surface area (Å²) in [5.74, 6) is 1.45.